The summed E-state index contributed by atoms with van der Waals surface area (Å²) in [7, 11) is 1.98. The Bertz CT molecular complexity index is 607. The zero-order valence-corrected chi connectivity index (χ0v) is 15.5. The van der Waals surface area contributed by atoms with Crippen LogP contribution in [-0.2, 0) is 6.42 Å². The Kier molecular flexibility index (Phi) is 6.90. The summed E-state index contributed by atoms with van der Waals surface area (Å²) in [6.45, 7) is 0. The van der Waals surface area contributed by atoms with Crippen molar-refractivity contribution in [2.75, 3.05) is 12.8 Å². The van der Waals surface area contributed by atoms with Gasteiger partial charge in [0, 0.05) is 21.2 Å². The predicted octanol–water partition coefficient (Wildman–Crippen LogP) is 5.68. The van der Waals surface area contributed by atoms with Gasteiger partial charge in [0.1, 0.15) is 0 Å². The minimum absolute atomic E-state index is 0.338. The Hall–Kier alpha value is -0.190. The van der Waals surface area contributed by atoms with E-state index in [1.807, 2.05) is 43.1 Å². The third-order valence-corrected chi connectivity index (χ3v) is 5.66. The minimum Gasteiger partial charge on any atom is -0.316 e. The quantitative estimate of drug-likeness (QED) is 0.621. The summed E-state index contributed by atoms with van der Waals surface area (Å²) >= 11 is 17.7. The lowest BCUT2D eigenvalue weighted by Crippen LogP contribution is -2.30. The molecule has 0 aliphatic heterocycles. The van der Waals surface area contributed by atoms with Gasteiger partial charge in [-0.15, -0.1) is 11.8 Å². The summed E-state index contributed by atoms with van der Waals surface area (Å²) < 4.78 is 1.10. The van der Waals surface area contributed by atoms with Crippen LogP contribution in [-0.4, -0.2) is 18.8 Å². The molecule has 112 valence electrons. The van der Waals surface area contributed by atoms with E-state index in [-0.39, 0.29) is 0 Å². The van der Waals surface area contributed by atoms with Crippen molar-refractivity contribution in [3.05, 3.63) is 62.5 Å². The molecule has 0 aliphatic carbocycles. The molecule has 1 N–H and O–H groups in total. The highest BCUT2D eigenvalue weighted by molar-refractivity contribution is 9.10. The van der Waals surface area contributed by atoms with E-state index >= 15 is 0 Å². The number of hydrogen-bond donors (Lipinski definition) is 1. The largest absolute Gasteiger partial charge is 0.316 e. The molecule has 2 aromatic carbocycles. The molecule has 21 heavy (non-hydrogen) atoms. The van der Waals surface area contributed by atoms with Crippen molar-refractivity contribution in [2.24, 2.45) is 0 Å². The maximum atomic E-state index is 6.26. The average molecular weight is 405 g/mol. The standard InChI is InChI=1S/C16H16BrCl2NS/c1-20-13(8-11-4-2-7-15(18)16(11)19)10-21-14-6-3-5-12(17)9-14/h2-7,9,13,20H,8,10H2,1H3. The van der Waals surface area contributed by atoms with Crippen LogP contribution in [0.2, 0.25) is 10.0 Å². The monoisotopic (exact) mass is 403 g/mol. The maximum Gasteiger partial charge on any atom is 0.0624 e. The molecule has 5 heteroatoms. The Morgan fingerprint density at radius 3 is 2.67 bits per heavy atom. The molecule has 0 saturated carbocycles. The summed E-state index contributed by atoms with van der Waals surface area (Å²) in [4.78, 5) is 1.25. The highest BCUT2D eigenvalue weighted by Crippen LogP contribution is 2.28. The third kappa shape index (κ3) is 5.19. The Morgan fingerprint density at radius 2 is 1.95 bits per heavy atom. The fourth-order valence-electron chi connectivity index (χ4n) is 1.97. The molecular formula is C16H16BrCl2NS. The van der Waals surface area contributed by atoms with Gasteiger partial charge in [0.15, 0.2) is 0 Å². The molecule has 0 bridgehead atoms. The first-order valence-corrected chi connectivity index (χ1v) is 9.12. The summed E-state index contributed by atoms with van der Waals surface area (Å²) in [5.74, 6) is 0.968. The van der Waals surface area contributed by atoms with Crippen molar-refractivity contribution in [3.63, 3.8) is 0 Å². The Balaban J connectivity index is 1.99. The van der Waals surface area contributed by atoms with Crippen LogP contribution in [0.25, 0.3) is 0 Å². The van der Waals surface area contributed by atoms with E-state index in [0.29, 0.717) is 16.1 Å². The number of thioether (sulfide) groups is 1. The summed E-state index contributed by atoms with van der Waals surface area (Å²) in [6.07, 6.45) is 0.858. The van der Waals surface area contributed by atoms with Crippen LogP contribution in [0.4, 0.5) is 0 Å². The van der Waals surface area contributed by atoms with Gasteiger partial charge in [-0.05, 0) is 43.3 Å². The molecule has 1 atom stereocenters. The second-order valence-corrected chi connectivity index (χ2v) is 7.47. The predicted molar refractivity (Wildman–Crippen MR) is 97.9 cm³/mol. The van der Waals surface area contributed by atoms with Crippen LogP contribution >= 0.6 is 50.9 Å². The highest BCUT2D eigenvalue weighted by Gasteiger charge is 2.12. The highest BCUT2D eigenvalue weighted by atomic mass is 79.9. The van der Waals surface area contributed by atoms with Crippen LogP contribution in [0.3, 0.4) is 0 Å². The number of nitrogens with one attached hydrogen (secondary N) is 1. The van der Waals surface area contributed by atoms with Crippen molar-refractivity contribution in [1.29, 1.82) is 0 Å². The van der Waals surface area contributed by atoms with Crippen molar-refractivity contribution in [1.82, 2.24) is 5.32 Å². The molecule has 0 radical (unpaired) electrons. The van der Waals surface area contributed by atoms with Gasteiger partial charge >= 0.3 is 0 Å². The fourth-order valence-corrected chi connectivity index (χ4v) is 3.98. The van der Waals surface area contributed by atoms with Gasteiger partial charge in [-0.2, -0.15) is 0 Å². The number of halogens is 3. The van der Waals surface area contributed by atoms with E-state index in [1.165, 1.54) is 4.90 Å². The molecule has 1 unspecified atom stereocenters. The SMILES string of the molecule is CNC(CSc1cccc(Br)c1)Cc1cccc(Cl)c1Cl. The second-order valence-electron chi connectivity index (χ2n) is 4.67. The summed E-state index contributed by atoms with van der Waals surface area (Å²) in [5, 5.41) is 4.62. The lowest BCUT2D eigenvalue weighted by Gasteiger charge is -2.17. The topological polar surface area (TPSA) is 12.0 Å². The molecule has 0 heterocycles. The molecule has 1 nitrogen and oxygen atoms in total. The van der Waals surface area contributed by atoms with E-state index in [2.05, 4.69) is 39.4 Å². The maximum absolute atomic E-state index is 6.26. The number of hydrogen-bond acceptors (Lipinski definition) is 2. The molecule has 0 aliphatic rings. The van der Waals surface area contributed by atoms with Crippen molar-refractivity contribution in [3.8, 4) is 0 Å². The average Bonchev–Trinajstić information content (AvgIpc) is 2.48. The van der Waals surface area contributed by atoms with Gasteiger partial charge in [0.2, 0.25) is 0 Å². The number of likely N-dealkylation sites (N-methyl/N-ethyl adjacent to an activating group) is 1. The fraction of sp³-hybridized carbons (Fsp3) is 0.250. The van der Waals surface area contributed by atoms with Gasteiger partial charge in [-0.1, -0.05) is 57.3 Å². The second kappa shape index (κ2) is 8.44. The van der Waals surface area contributed by atoms with E-state index in [4.69, 9.17) is 23.2 Å². The van der Waals surface area contributed by atoms with Crippen LogP contribution in [0, 0.1) is 0 Å². The van der Waals surface area contributed by atoms with Crippen LogP contribution < -0.4 is 5.32 Å². The number of rotatable bonds is 6. The lowest BCUT2D eigenvalue weighted by molar-refractivity contribution is 0.617. The van der Waals surface area contributed by atoms with Crippen LogP contribution in [0.1, 0.15) is 5.56 Å². The molecule has 0 fully saturated rings. The third-order valence-electron chi connectivity index (χ3n) is 3.15. The first-order valence-electron chi connectivity index (χ1n) is 6.58. The smallest absolute Gasteiger partial charge is 0.0624 e. The lowest BCUT2D eigenvalue weighted by atomic mass is 10.1. The summed E-state index contributed by atoms with van der Waals surface area (Å²) in [5.41, 5.74) is 1.08. The van der Waals surface area contributed by atoms with Crippen molar-refractivity contribution < 1.29 is 0 Å². The van der Waals surface area contributed by atoms with E-state index < -0.39 is 0 Å². The van der Waals surface area contributed by atoms with Gasteiger partial charge < -0.3 is 5.32 Å². The molecule has 2 aromatic rings. The first kappa shape index (κ1) is 17.2. The normalized spacial score (nSPS) is 12.4. The zero-order chi connectivity index (χ0) is 15.2. The van der Waals surface area contributed by atoms with Crippen LogP contribution in [0.5, 0.6) is 0 Å². The molecular weight excluding hydrogens is 389 g/mol. The molecule has 2 rings (SSSR count). The Morgan fingerprint density at radius 1 is 1.19 bits per heavy atom. The van der Waals surface area contributed by atoms with Gasteiger partial charge in [-0.25, -0.2) is 0 Å². The minimum atomic E-state index is 0.338. The van der Waals surface area contributed by atoms with E-state index in [1.54, 1.807) is 0 Å². The first-order chi connectivity index (χ1) is 10.1. The van der Waals surface area contributed by atoms with Crippen LogP contribution in [0.15, 0.2) is 51.8 Å². The summed E-state index contributed by atoms with van der Waals surface area (Å²) in [6, 6.07) is 14.5. The molecule has 0 spiro atoms. The van der Waals surface area contributed by atoms with Crippen molar-refractivity contribution in [2.45, 2.75) is 17.4 Å². The van der Waals surface area contributed by atoms with E-state index in [0.717, 1.165) is 22.2 Å². The molecule has 0 saturated heterocycles. The Labute approximate surface area is 148 Å². The van der Waals surface area contributed by atoms with Gasteiger partial charge in [0.05, 0.1) is 10.0 Å². The molecule has 0 amide bonds. The van der Waals surface area contributed by atoms with Gasteiger partial charge in [0.25, 0.3) is 0 Å². The zero-order valence-electron chi connectivity index (χ0n) is 11.6. The van der Waals surface area contributed by atoms with Crippen molar-refractivity contribution >= 4 is 50.9 Å². The van der Waals surface area contributed by atoms with E-state index in [9.17, 15) is 0 Å². The van der Waals surface area contributed by atoms with Gasteiger partial charge in [-0.3, -0.25) is 0 Å². The molecule has 0 aromatic heterocycles. The number of benzene rings is 2.